The van der Waals surface area contributed by atoms with E-state index in [1.807, 2.05) is 6.20 Å². The van der Waals surface area contributed by atoms with E-state index in [1.54, 1.807) is 12.4 Å². The van der Waals surface area contributed by atoms with Crippen molar-refractivity contribution < 1.29 is 4.74 Å². The van der Waals surface area contributed by atoms with Crippen molar-refractivity contribution in [3.63, 3.8) is 0 Å². The maximum absolute atomic E-state index is 12.8. The van der Waals surface area contributed by atoms with Crippen LogP contribution in [0.4, 0.5) is 11.8 Å². The SMILES string of the molecule is O=c1[nH]c(N2CCOCC2)nc2c1CCC21CCCN(c2cnccn2)C1. The van der Waals surface area contributed by atoms with Crippen LogP contribution in [0.5, 0.6) is 0 Å². The van der Waals surface area contributed by atoms with E-state index >= 15 is 0 Å². The number of ether oxygens (including phenoxy) is 1. The molecule has 2 aromatic rings. The highest BCUT2D eigenvalue weighted by atomic mass is 16.5. The van der Waals surface area contributed by atoms with Crippen molar-refractivity contribution in [1.82, 2.24) is 19.9 Å². The van der Waals surface area contributed by atoms with Crippen LogP contribution < -0.4 is 15.4 Å². The first-order valence-electron chi connectivity index (χ1n) is 9.73. The van der Waals surface area contributed by atoms with Gasteiger partial charge >= 0.3 is 0 Å². The fourth-order valence-electron chi connectivity index (χ4n) is 4.74. The molecule has 27 heavy (non-hydrogen) atoms. The van der Waals surface area contributed by atoms with Crippen LogP contribution in [-0.4, -0.2) is 59.3 Å². The van der Waals surface area contributed by atoms with Gasteiger partial charge < -0.3 is 14.5 Å². The predicted octanol–water partition coefficient (Wildman–Crippen LogP) is 0.881. The first-order chi connectivity index (χ1) is 13.3. The van der Waals surface area contributed by atoms with Gasteiger partial charge in [0.25, 0.3) is 5.56 Å². The number of rotatable bonds is 2. The molecular formula is C19H24N6O2. The van der Waals surface area contributed by atoms with E-state index in [1.165, 1.54) is 0 Å². The zero-order valence-corrected chi connectivity index (χ0v) is 15.4. The van der Waals surface area contributed by atoms with Gasteiger partial charge in [0.2, 0.25) is 5.95 Å². The lowest BCUT2D eigenvalue weighted by molar-refractivity contribution is 0.122. The molecule has 2 saturated heterocycles. The lowest BCUT2D eigenvalue weighted by Gasteiger charge is -2.41. The molecule has 142 valence electrons. The summed E-state index contributed by atoms with van der Waals surface area (Å²) in [5.74, 6) is 1.60. The van der Waals surface area contributed by atoms with E-state index in [9.17, 15) is 4.79 Å². The third kappa shape index (κ3) is 2.88. The molecule has 1 atom stereocenters. The standard InChI is InChI=1S/C19H24N6O2/c26-17-14-2-4-19(3-1-7-25(13-19)15-12-20-5-6-21-15)16(14)22-18(23-17)24-8-10-27-11-9-24/h5-6,12H,1-4,7-11,13H2,(H,22,23,26). The van der Waals surface area contributed by atoms with Crippen LogP contribution >= 0.6 is 0 Å². The van der Waals surface area contributed by atoms with E-state index in [-0.39, 0.29) is 11.0 Å². The minimum atomic E-state index is -0.0690. The molecule has 2 aliphatic heterocycles. The third-order valence-corrected chi connectivity index (χ3v) is 6.12. The van der Waals surface area contributed by atoms with Gasteiger partial charge in [0.1, 0.15) is 5.82 Å². The van der Waals surface area contributed by atoms with Gasteiger partial charge in [-0.3, -0.25) is 14.8 Å². The Kier molecular flexibility index (Phi) is 4.07. The van der Waals surface area contributed by atoms with Crippen molar-refractivity contribution in [2.24, 2.45) is 0 Å². The average Bonchev–Trinajstić information content (AvgIpc) is 3.07. The average molecular weight is 368 g/mol. The van der Waals surface area contributed by atoms with E-state index in [2.05, 4.69) is 24.8 Å². The molecule has 1 aliphatic carbocycles. The van der Waals surface area contributed by atoms with Gasteiger partial charge in [-0.15, -0.1) is 0 Å². The number of H-pyrrole nitrogens is 1. The highest BCUT2D eigenvalue weighted by Crippen LogP contribution is 2.44. The van der Waals surface area contributed by atoms with Gasteiger partial charge in [0.05, 0.1) is 25.1 Å². The number of aromatic nitrogens is 4. The highest BCUT2D eigenvalue weighted by molar-refractivity contribution is 5.45. The van der Waals surface area contributed by atoms with Crippen LogP contribution in [0.2, 0.25) is 0 Å². The lowest BCUT2D eigenvalue weighted by atomic mass is 9.77. The van der Waals surface area contributed by atoms with Gasteiger partial charge in [-0.25, -0.2) is 9.97 Å². The summed E-state index contributed by atoms with van der Waals surface area (Å²) in [5.41, 5.74) is 1.82. The van der Waals surface area contributed by atoms with E-state index in [0.29, 0.717) is 19.2 Å². The lowest BCUT2D eigenvalue weighted by Crippen LogP contribution is -2.46. The Balaban J connectivity index is 1.51. The zero-order chi connectivity index (χ0) is 18.3. The Bertz CT molecular complexity index is 880. The van der Waals surface area contributed by atoms with E-state index in [4.69, 9.17) is 9.72 Å². The summed E-state index contributed by atoms with van der Waals surface area (Å²) >= 11 is 0. The molecule has 2 aromatic heterocycles. The first kappa shape index (κ1) is 16.7. The highest BCUT2D eigenvalue weighted by Gasteiger charge is 2.45. The number of nitrogens with one attached hydrogen (secondary N) is 1. The topological polar surface area (TPSA) is 87.2 Å². The number of nitrogens with zero attached hydrogens (tertiary/aromatic N) is 5. The second kappa shape index (κ2) is 6.60. The molecule has 5 rings (SSSR count). The molecule has 3 aliphatic rings. The molecule has 4 heterocycles. The molecule has 1 spiro atoms. The van der Waals surface area contributed by atoms with Gasteiger partial charge in [-0.2, -0.15) is 0 Å². The van der Waals surface area contributed by atoms with Crippen LogP contribution in [0.1, 0.15) is 30.5 Å². The second-order valence-electron chi connectivity index (χ2n) is 7.69. The largest absolute Gasteiger partial charge is 0.378 e. The Morgan fingerprint density at radius 3 is 2.81 bits per heavy atom. The van der Waals surface area contributed by atoms with Crippen molar-refractivity contribution in [1.29, 1.82) is 0 Å². The van der Waals surface area contributed by atoms with Crippen molar-refractivity contribution >= 4 is 11.8 Å². The summed E-state index contributed by atoms with van der Waals surface area (Å²) in [5, 5.41) is 0. The number of hydrogen-bond acceptors (Lipinski definition) is 7. The second-order valence-corrected chi connectivity index (χ2v) is 7.69. The number of morpholine rings is 1. The van der Waals surface area contributed by atoms with Crippen molar-refractivity contribution in [2.75, 3.05) is 49.2 Å². The summed E-state index contributed by atoms with van der Waals surface area (Å²) in [7, 11) is 0. The first-order valence-corrected chi connectivity index (χ1v) is 9.73. The smallest absolute Gasteiger partial charge is 0.255 e. The molecule has 0 saturated carbocycles. The molecule has 0 aromatic carbocycles. The Morgan fingerprint density at radius 1 is 1.11 bits per heavy atom. The summed E-state index contributed by atoms with van der Waals surface area (Å²) in [4.78, 5) is 33.9. The van der Waals surface area contributed by atoms with Gasteiger partial charge in [-0.05, 0) is 25.7 Å². The van der Waals surface area contributed by atoms with Crippen LogP contribution in [0.15, 0.2) is 23.4 Å². The summed E-state index contributed by atoms with van der Waals surface area (Å²) in [6.45, 7) is 4.69. The van der Waals surface area contributed by atoms with E-state index in [0.717, 1.165) is 68.9 Å². The Morgan fingerprint density at radius 2 is 2.00 bits per heavy atom. The molecule has 0 bridgehead atoms. The van der Waals surface area contributed by atoms with Crippen molar-refractivity contribution in [3.05, 3.63) is 40.2 Å². The Hall–Kier alpha value is -2.48. The number of anilines is 2. The van der Waals surface area contributed by atoms with Crippen molar-refractivity contribution in [3.8, 4) is 0 Å². The van der Waals surface area contributed by atoms with Crippen LogP contribution in [-0.2, 0) is 16.6 Å². The quantitative estimate of drug-likeness (QED) is 0.842. The van der Waals surface area contributed by atoms with Crippen LogP contribution in [0, 0.1) is 0 Å². The van der Waals surface area contributed by atoms with Gasteiger partial charge in [0.15, 0.2) is 0 Å². The minimum absolute atomic E-state index is 0.0231. The molecule has 0 radical (unpaired) electrons. The molecule has 8 nitrogen and oxygen atoms in total. The van der Waals surface area contributed by atoms with Crippen LogP contribution in [0.25, 0.3) is 0 Å². The maximum atomic E-state index is 12.8. The molecule has 2 fully saturated rings. The third-order valence-electron chi connectivity index (χ3n) is 6.12. The fourth-order valence-corrected chi connectivity index (χ4v) is 4.74. The summed E-state index contributed by atoms with van der Waals surface area (Å²) in [6.07, 6.45) is 9.16. The maximum Gasteiger partial charge on any atom is 0.255 e. The number of hydrogen-bond donors (Lipinski definition) is 1. The predicted molar refractivity (Wildman–Crippen MR) is 101 cm³/mol. The molecule has 1 unspecified atom stereocenters. The Labute approximate surface area is 157 Å². The summed E-state index contributed by atoms with van der Waals surface area (Å²) in [6, 6.07) is 0. The summed E-state index contributed by atoms with van der Waals surface area (Å²) < 4.78 is 5.44. The number of piperidine rings is 1. The number of aromatic amines is 1. The molecular weight excluding hydrogens is 344 g/mol. The van der Waals surface area contributed by atoms with Gasteiger partial charge in [0, 0.05) is 49.6 Å². The normalized spacial score (nSPS) is 25.0. The zero-order valence-electron chi connectivity index (χ0n) is 15.4. The van der Waals surface area contributed by atoms with Gasteiger partial charge in [-0.1, -0.05) is 0 Å². The van der Waals surface area contributed by atoms with Crippen molar-refractivity contribution in [2.45, 2.75) is 31.1 Å². The van der Waals surface area contributed by atoms with Crippen LogP contribution in [0.3, 0.4) is 0 Å². The fraction of sp³-hybridized carbons (Fsp3) is 0.579. The molecule has 0 amide bonds. The minimum Gasteiger partial charge on any atom is -0.378 e. The number of fused-ring (bicyclic) bond motifs is 2. The monoisotopic (exact) mass is 368 g/mol. The molecule has 1 N–H and O–H groups in total. The molecule has 8 heteroatoms. The van der Waals surface area contributed by atoms with E-state index < -0.39 is 0 Å².